The summed E-state index contributed by atoms with van der Waals surface area (Å²) in [4.78, 5) is 14.6. The van der Waals surface area contributed by atoms with Gasteiger partial charge >= 0.3 is 0 Å². The number of nitrogens with one attached hydrogen (secondary N) is 1. The van der Waals surface area contributed by atoms with Crippen molar-refractivity contribution in [2.75, 3.05) is 31.1 Å². The third-order valence-corrected chi connectivity index (χ3v) is 4.41. The fourth-order valence-corrected chi connectivity index (χ4v) is 3.33. The standard InChI is InChI=1S/C17H24N2O2/c1-2-21-15-5-6-16-14(11-15)4-3-9-19(16)17(20)10-13-7-8-18-12-13/h5-6,11,13,18H,2-4,7-10,12H2,1H3/t13-/m0/s1. The molecule has 0 saturated carbocycles. The zero-order valence-electron chi connectivity index (χ0n) is 12.7. The lowest BCUT2D eigenvalue weighted by Gasteiger charge is -2.30. The van der Waals surface area contributed by atoms with E-state index in [1.165, 1.54) is 5.56 Å². The molecule has 1 fully saturated rings. The summed E-state index contributed by atoms with van der Waals surface area (Å²) in [7, 11) is 0. The second-order valence-corrected chi connectivity index (χ2v) is 5.94. The molecule has 2 aliphatic rings. The number of hydrogen-bond acceptors (Lipinski definition) is 3. The number of fused-ring (bicyclic) bond motifs is 1. The average Bonchev–Trinajstić information content (AvgIpc) is 2.99. The first kappa shape index (κ1) is 14.4. The minimum Gasteiger partial charge on any atom is -0.494 e. The third-order valence-electron chi connectivity index (χ3n) is 4.41. The summed E-state index contributed by atoms with van der Waals surface area (Å²) < 4.78 is 5.56. The van der Waals surface area contributed by atoms with E-state index in [1.807, 2.05) is 24.0 Å². The molecule has 1 aromatic carbocycles. The molecule has 114 valence electrons. The van der Waals surface area contributed by atoms with Crippen LogP contribution in [0.25, 0.3) is 0 Å². The van der Waals surface area contributed by atoms with E-state index in [0.717, 1.165) is 50.3 Å². The molecule has 0 aliphatic carbocycles. The molecule has 1 saturated heterocycles. The number of amides is 1. The first-order valence-electron chi connectivity index (χ1n) is 8.04. The van der Waals surface area contributed by atoms with Crippen molar-refractivity contribution >= 4 is 11.6 Å². The van der Waals surface area contributed by atoms with Crippen LogP contribution in [0.1, 0.15) is 31.7 Å². The molecule has 1 atom stereocenters. The maximum atomic E-state index is 12.6. The molecule has 4 nitrogen and oxygen atoms in total. The number of carbonyl (C=O) groups is 1. The molecule has 0 spiro atoms. The summed E-state index contributed by atoms with van der Waals surface area (Å²) in [5.41, 5.74) is 2.32. The van der Waals surface area contributed by atoms with Crippen molar-refractivity contribution in [1.82, 2.24) is 5.32 Å². The van der Waals surface area contributed by atoms with Crippen LogP contribution in [0, 0.1) is 5.92 Å². The van der Waals surface area contributed by atoms with Crippen LogP contribution in [0.5, 0.6) is 5.75 Å². The zero-order valence-corrected chi connectivity index (χ0v) is 12.7. The van der Waals surface area contributed by atoms with Gasteiger partial charge in [-0.3, -0.25) is 4.79 Å². The molecule has 21 heavy (non-hydrogen) atoms. The van der Waals surface area contributed by atoms with Gasteiger partial charge in [-0.2, -0.15) is 0 Å². The van der Waals surface area contributed by atoms with Crippen LogP contribution in [-0.4, -0.2) is 32.1 Å². The minimum absolute atomic E-state index is 0.272. The van der Waals surface area contributed by atoms with Crippen molar-refractivity contribution < 1.29 is 9.53 Å². The van der Waals surface area contributed by atoms with E-state index in [4.69, 9.17) is 4.74 Å². The first-order valence-corrected chi connectivity index (χ1v) is 8.04. The highest BCUT2D eigenvalue weighted by Gasteiger charge is 2.26. The zero-order chi connectivity index (χ0) is 14.7. The molecule has 1 aromatic rings. The van der Waals surface area contributed by atoms with E-state index in [9.17, 15) is 4.79 Å². The van der Waals surface area contributed by atoms with Crippen molar-refractivity contribution in [2.24, 2.45) is 5.92 Å². The van der Waals surface area contributed by atoms with E-state index in [0.29, 0.717) is 18.9 Å². The summed E-state index contributed by atoms with van der Waals surface area (Å²) in [5, 5.41) is 3.33. The Morgan fingerprint density at radius 1 is 1.48 bits per heavy atom. The van der Waals surface area contributed by atoms with E-state index in [1.54, 1.807) is 0 Å². The average molecular weight is 288 g/mol. The van der Waals surface area contributed by atoms with Crippen molar-refractivity contribution in [2.45, 2.75) is 32.6 Å². The van der Waals surface area contributed by atoms with E-state index >= 15 is 0 Å². The van der Waals surface area contributed by atoms with Crippen LogP contribution in [0.3, 0.4) is 0 Å². The molecule has 4 heteroatoms. The van der Waals surface area contributed by atoms with E-state index < -0.39 is 0 Å². The second kappa shape index (κ2) is 6.48. The van der Waals surface area contributed by atoms with Gasteiger partial charge in [0.2, 0.25) is 5.91 Å². The molecular formula is C17H24N2O2. The van der Waals surface area contributed by atoms with Crippen molar-refractivity contribution in [1.29, 1.82) is 0 Å². The molecule has 0 aromatic heterocycles. The molecule has 1 N–H and O–H groups in total. The second-order valence-electron chi connectivity index (χ2n) is 5.94. The lowest BCUT2D eigenvalue weighted by Crippen LogP contribution is -2.36. The number of nitrogens with zero attached hydrogens (tertiary/aromatic N) is 1. The number of carbonyl (C=O) groups excluding carboxylic acids is 1. The summed E-state index contributed by atoms with van der Waals surface area (Å²) in [6, 6.07) is 6.12. The normalized spacial score (nSPS) is 21.2. The minimum atomic E-state index is 0.272. The van der Waals surface area contributed by atoms with Crippen LogP contribution >= 0.6 is 0 Å². The van der Waals surface area contributed by atoms with Crippen molar-refractivity contribution in [3.8, 4) is 5.75 Å². The molecule has 0 unspecified atom stereocenters. The Hall–Kier alpha value is -1.55. The predicted octanol–water partition coefficient (Wildman–Crippen LogP) is 2.36. The lowest BCUT2D eigenvalue weighted by atomic mass is 9.99. The molecule has 0 radical (unpaired) electrons. The van der Waals surface area contributed by atoms with Gasteiger partial charge in [-0.25, -0.2) is 0 Å². The molecule has 2 aliphatic heterocycles. The molecule has 3 rings (SSSR count). The Morgan fingerprint density at radius 2 is 2.38 bits per heavy atom. The highest BCUT2D eigenvalue weighted by molar-refractivity contribution is 5.94. The molecular weight excluding hydrogens is 264 g/mol. The van der Waals surface area contributed by atoms with Gasteiger partial charge < -0.3 is 15.0 Å². The van der Waals surface area contributed by atoms with E-state index in [-0.39, 0.29) is 5.91 Å². The van der Waals surface area contributed by atoms with Gasteiger partial charge in [0, 0.05) is 18.7 Å². The molecule has 1 amide bonds. The van der Waals surface area contributed by atoms with Crippen molar-refractivity contribution in [3.05, 3.63) is 23.8 Å². The molecule has 2 heterocycles. The van der Waals surface area contributed by atoms with Crippen LogP contribution in [0.15, 0.2) is 18.2 Å². The summed E-state index contributed by atoms with van der Waals surface area (Å²) in [6.07, 6.45) is 3.86. The first-order chi connectivity index (χ1) is 10.3. The Labute approximate surface area is 126 Å². The Bertz CT molecular complexity index is 510. The number of hydrogen-bond donors (Lipinski definition) is 1. The van der Waals surface area contributed by atoms with Crippen LogP contribution in [-0.2, 0) is 11.2 Å². The Morgan fingerprint density at radius 3 is 3.14 bits per heavy atom. The maximum absolute atomic E-state index is 12.6. The van der Waals surface area contributed by atoms with Crippen LogP contribution in [0.4, 0.5) is 5.69 Å². The number of benzene rings is 1. The SMILES string of the molecule is CCOc1ccc2c(c1)CCCN2C(=O)C[C@@H]1CCNC1. The van der Waals surface area contributed by atoms with Crippen LogP contribution in [0.2, 0.25) is 0 Å². The van der Waals surface area contributed by atoms with Gasteiger partial charge in [-0.05, 0) is 69.0 Å². The Balaban J connectivity index is 1.74. The van der Waals surface area contributed by atoms with Gasteiger partial charge in [0.05, 0.1) is 6.61 Å². The number of anilines is 1. The highest BCUT2D eigenvalue weighted by atomic mass is 16.5. The van der Waals surface area contributed by atoms with Gasteiger partial charge in [-0.15, -0.1) is 0 Å². The quantitative estimate of drug-likeness (QED) is 0.925. The van der Waals surface area contributed by atoms with Gasteiger partial charge in [0.25, 0.3) is 0 Å². The van der Waals surface area contributed by atoms with Gasteiger partial charge in [-0.1, -0.05) is 0 Å². The maximum Gasteiger partial charge on any atom is 0.227 e. The monoisotopic (exact) mass is 288 g/mol. The predicted molar refractivity (Wildman–Crippen MR) is 83.9 cm³/mol. The van der Waals surface area contributed by atoms with Gasteiger partial charge in [0.1, 0.15) is 5.75 Å². The van der Waals surface area contributed by atoms with Crippen LogP contribution < -0.4 is 15.0 Å². The van der Waals surface area contributed by atoms with E-state index in [2.05, 4.69) is 11.4 Å². The molecule has 0 bridgehead atoms. The summed E-state index contributed by atoms with van der Waals surface area (Å²) >= 11 is 0. The fraction of sp³-hybridized carbons (Fsp3) is 0.588. The Kier molecular flexibility index (Phi) is 4.44. The highest BCUT2D eigenvalue weighted by Crippen LogP contribution is 2.31. The summed E-state index contributed by atoms with van der Waals surface area (Å²) in [6.45, 7) is 5.54. The fourth-order valence-electron chi connectivity index (χ4n) is 3.33. The van der Waals surface area contributed by atoms with Crippen molar-refractivity contribution in [3.63, 3.8) is 0 Å². The smallest absolute Gasteiger partial charge is 0.227 e. The third kappa shape index (κ3) is 3.21. The largest absolute Gasteiger partial charge is 0.494 e. The lowest BCUT2D eigenvalue weighted by molar-refractivity contribution is -0.119. The number of rotatable bonds is 4. The summed E-state index contributed by atoms with van der Waals surface area (Å²) in [5.74, 6) is 1.69. The topological polar surface area (TPSA) is 41.6 Å². The number of ether oxygens (including phenoxy) is 1. The van der Waals surface area contributed by atoms with Gasteiger partial charge in [0.15, 0.2) is 0 Å². The number of aryl methyl sites for hydroxylation is 1.